The van der Waals surface area contributed by atoms with E-state index in [4.69, 9.17) is 5.26 Å². The van der Waals surface area contributed by atoms with Crippen molar-refractivity contribution in [2.75, 3.05) is 25.0 Å². The van der Waals surface area contributed by atoms with Crippen LogP contribution in [0.2, 0.25) is 0 Å². The summed E-state index contributed by atoms with van der Waals surface area (Å²) < 4.78 is 0. The molecule has 0 aromatic heterocycles. The van der Waals surface area contributed by atoms with Crippen LogP contribution in [-0.4, -0.2) is 35.5 Å². The van der Waals surface area contributed by atoms with E-state index >= 15 is 0 Å². The zero-order chi connectivity index (χ0) is 23.3. The fourth-order valence-corrected chi connectivity index (χ4v) is 4.34. The average Bonchev–Trinajstić information content (AvgIpc) is 2.86. The Bertz CT molecular complexity index is 1140. The Morgan fingerprint density at radius 3 is 2.42 bits per heavy atom. The molecule has 0 radical (unpaired) electrons. The Hall–Kier alpha value is -3.62. The summed E-state index contributed by atoms with van der Waals surface area (Å²) in [6.45, 7) is 3.81. The van der Waals surface area contributed by atoms with Crippen molar-refractivity contribution in [2.24, 2.45) is 0 Å². The number of benzene rings is 3. The van der Waals surface area contributed by atoms with Crippen molar-refractivity contribution in [1.82, 2.24) is 4.90 Å². The summed E-state index contributed by atoms with van der Waals surface area (Å²) in [4.78, 5) is 15.0. The number of carbonyl (C=O) groups is 1. The van der Waals surface area contributed by atoms with Crippen LogP contribution in [-0.2, 0) is 12.0 Å². The third-order valence-corrected chi connectivity index (χ3v) is 6.49. The van der Waals surface area contributed by atoms with Gasteiger partial charge < -0.3 is 15.3 Å². The number of hydrogen-bond acceptors (Lipinski definition) is 4. The van der Waals surface area contributed by atoms with Gasteiger partial charge in [-0.25, -0.2) is 0 Å². The Balaban J connectivity index is 1.38. The molecule has 1 aliphatic heterocycles. The predicted molar refractivity (Wildman–Crippen MR) is 130 cm³/mol. The normalized spacial score (nSPS) is 15.0. The minimum Gasteiger partial charge on any atom is -0.385 e. The van der Waals surface area contributed by atoms with Gasteiger partial charge >= 0.3 is 0 Å². The Morgan fingerprint density at radius 2 is 1.76 bits per heavy atom. The average molecular weight is 440 g/mol. The molecular weight excluding hydrogens is 410 g/mol. The first-order valence-electron chi connectivity index (χ1n) is 11.4. The van der Waals surface area contributed by atoms with E-state index in [0.29, 0.717) is 37.1 Å². The molecule has 2 N–H and O–H groups in total. The summed E-state index contributed by atoms with van der Waals surface area (Å²) in [5.41, 5.74) is 4.42. The highest BCUT2D eigenvalue weighted by Gasteiger charge is 2.35. The number of nitrogens with zero attached hydrogens (tertiary/aromatic N) is 2. The molecule has 3 aromatic rings. The smallest absolute Gasteiger partial charge is 0.253 e. The molecule has 3 aromatic carbocycles. The number of hydrogen-bond donors (Lipinski definition) is 2. The summed E-state index contributed by atoms with van der Waals surface area (Å²) in [7, 11) is 0. The maximum Gasteiger partial charge on any atom is 0.253 e. The van der Waals surface area contributed by atoms with Gasteiger partial charge in [0.1, 0.15) is 0 Å². The molecule has 1 fully saturated rings. The highest BCUT2D eigenvalue weighted by molar-refractivity contribution is 5.95. The lowest BCUT2D eigenvalue weighted by Crippen LogP contribution is -2.45. The van der Waals surface area contributed by atoms with Gasteiger partial charge in [-0.1, -0.05) is 48.5 Å². The van der Waals surface area contributed by atoms with Gasteiger partial charge in [-0.15, -0.1) is 0 Å². The minimum absolute atomic E-state index is 0.0111. The van der Waals surface area contributed by atoms with Crippen molar-refractivity contribution < 1.29 is 9.90 Å². The summed E-state index contributed by atoms with van der Waals surface area (Å²) in [6, 6.07) is 25.3. The molecule has 5 heteroatoms. The SMILES string of the molecule is Cc1ccc(C(=O)N2CCC(O)(c3ccc(C#N)cc3)CC2)cc1NCCc1ccccc1. The molecule has 0 unspecified atom stereocenters. The molecular formula is C28H29N3O2. The van der Waals surface area contributed by atoms with Crippen molar-refractivity contribution in [3.05, 3.63) is 101 Å². The van der Waals surface area contributed by atoms with Crippen LogP contribution in [0.1, 0.15) is 45.5 Å². The van der Waals surface area contributed by atoms with Crippen LogP contribution in [0.15, 0.2) is 72.8 Å². The number of carbonyl (C=O) groups excluding carboxylic acids is 1. The molecule has 1 aliphatic rings. The molecule has 1 heterocycles. The molecule has 4 rings (SSSR count). The molecule has 1 amide bonds. The molecule has 1 saturated heterocycles. The fraction of sp³-hybridized carbons (Fsp3) is 0.286. The van der Waals surface area contributed by atoms with E-state index < -0.39 is 5.60 Å². The van der Waals surface area contributed by atoms with E-state index in [1.165, 1.54) is 5.56 Å². The van der Waals surface area contributed by atoms with Crippen LogP contribution in [0.25, 0.3) is 0 Å². The summed E-state index contributed by atoms with van der Waals surface area (Å²) in [5.74, 6) is -0.0111. The standard InChI is InChI=1S/C28H29N3O2/c1-21-7-10-24(19-26(21)30-16-13-22-5-3-2-4-6-22)27(32)31-17-14-28(33,15-18-31)25-11-8-23(20-29)9-12-25/h2-12,19,30,33H,13-18H2,1H3. The monoisotopic (exact) mass is 439 g/mol. The van der Waals surface area contributed by atoms with Gasteiger partial charge in [0, 0.05) is 30.9 Å². The maximum absolute atomic E-state index is 13.2. The number of amides is 1. The molecule has 0 saturated carbocycles. The molecule has 0 spiro atoms. The highest BCUT2D eigenvalue weighted by Crippen LogP contribution is 2.33. The third-order valence-electron chi connectivity index (χ3n) is 6.49. The van der Waals surface area contributed by atoms with Crippen molar-refractivity contribution in [2.45, 2.75) is 31.8 Å². The molecule has 168 valence electrons. The predicted octanol–water partition coefficient (Wildman–Crippen LogP) is 4.65. The lowest BCUT2D eigenvalue weighted by Gasteiger charge is -2.38. The highest BCUT2D eigenvalue weighted by atomic mass is 16.3. The minimum atomic E-state index is -0.970. The fourth-order valence-electron chi connectivity index (χ4n) is 4.34. The summed E-state index contributed by atoms with van der Waals surface area (Å²) >= 11 is 0. The van der Waals surface area contributed by atoms with Crippen molar-refractivity contribution >= 4 is 11.6 Å². The lowest BCUT2D eigenvalue weighted by molar-refractivity contribution is -0.0211. The van der Waals surface area contributed by atoms with Gasteiger partial charge in [-0.3, -0.25) is 4.79 Å². The number of likely N-dealkylation sites (tertiary alicyclic amines) is 1. The van der Waals surface area contributed by atoms with Crippen LogP contribution in [0.3, 0.4) is 0 Å². The Kier molecular flexibility index (Phi) is 6.76. The maximum atomic E-state index is 13.2. The second-order valence-corrected chi connectivity index (χ2v) is 8.71. The van der Waals surface area contributed by atoms with Gasteiger partial charge in [0.15, 0.2) is 0 Å². The zero-order valence-electron chi connectivity index (χ0n) is 18.9. The molecule has 0 atom stereocenters. The third kappa shape index (κ3) is 5.24. The number of nitrogens with one attached hydrogen (secondary N) is 1. The number of nitriles is 1. The second-order valence-electron chi connectivity index (χ2n) is 8.71. The van der Waals surface area contributed by atoms with E-state index in [0.717, 1.165) is 29.8 Å². The van der Waals surface area contributed by atoms with Crippen LogP contribution >= 0.6 is 0 Å². The lowest BCUT2D eigenvalue weighted by atomic mass is 9.84. The number of piperidine rings is 1. The van der Waals surface area contributed by atoms with Gasteiger partial charge in [-0.2, -0.15) is 5.26 Å². The van der Waals surface area contributed by atoms with Gasteiger partial charge in [0.05, 0.1) is 17.2 Å². The van der Waals surface area contributed by atoms with E-state index in [1.54, 1.807) is 12.1 Å². The molecule has 0 bridgehead atoms. The van der Waals surface area contributed by atoms with Crippen molar-refractivity contribution in [1.29, 1.82) is 5.26 Å². The van der Waals surface area contributed by atoms with Crippen LogP contribution in [0.5, 0.6) is 0 Å². The Morgan fingerprint density at radius 1 is 1.06 bits per heavy atom. The van der Waals surface area contributed by atoms with Gasteiger partial charge in [0.2, 0.25) is 0 Å². The first-order chi connectivity index (χ1) is 16.0. The largest absolute Gasteiger partial charge is 0.385 e. The Labute approximate surface area is 195 Å². The van der Waals surface area contributed by atoms with E-state index in [9.17, 15) is 9.90 Å². The van der Waals surface area contributed by atoms with Crippen LogP contribution in [0, 0.1) is 18.3 Å². The molecule has 33 heavy (non-hydrogen) atoms. The number of anilines is 1. The van der Waals surface area contributed by atoms with E-state index in [-0.39, 0.29) is 5.91 Å². The second kappa shape index (κ2) is 9.89. The van der Waals surface area contributed by atoms with Gasteiger partial charge in [-0.05, 0) is 67.1 Å². The summed E-state index contributed by atoms with van der Waals surface area (Å²) in [5, 5.41) is 23.6. The first-order valence-corrected chi connectivity index (χ1v) is 11.4. The van der Waals surface area contributed by atoms with Crippen LogP contribution in [0.4, 0.5) is 5.69 Å². The first kappa shape index (κ1) is 22.6. The van der Waals surface area contributed by atoms with E-state index in [1.807, 2.05) is 60.4 Å². The van der Waals surface area contributed by atoms with Crippen molar-refractivity contribution in [3.8, 4) is 6.07 Å². The van der Waals surface area contributed by atoms with E-state index in [2.05, 4.69) is 23.5 Å². The quantitative estimate of drug-likeness (QED) is 0.586. The zero-order valence-corrected chi connectivity index (χ0v) is 18.9. The topological polar surface area (TPSA) is 76.4 Å². The number of aryl methyl sites for hydroxylation is 1. The molecule has 5 nitrogen and oxygen atoms in total. The number of rotatable bonds is 6. The molecule has 0 aliphatic carbocycles. The number of aliphatic hydroxyl groups is 1. The van der Waals surface area contributed by atoms with Crippen LogP contribution < -0.4 is 5.32 Å². The summed E-state index contributed by atoms with van der Waals surface area (Å²) in [6.07, 6.45) is 1.86. The van der Waals surface area contributed by atoms with Crippen molar-refractivity contribution in [3.63, 3.8) is 0 Å². The van der Waals surface area contributed by atoms with Gasteiger partial charge in [0.25, 0.3) is 5.91 Å².